The SMILES string of the molecule is C#Cc1ccc2nc(N3N=CC=CN3)nc(NCCOC)c2c1. The lowest BCUT2D eigenvalue weighted by Crippen LogP contribution is -2.32. The molecule has 0 bridgehead atoms. The zero-order valence-electron chi connectivity index (χ0n) is 12.7. The monoisotopic (exact) mass is 308 g/mol. The Bertz CT molecular complexity index is 808. The summed E-state index contributed by atoms with van der Waals surface area (Å²) < 4.78 is 5.07. The first-order chi connectivity index (χ1) is 11.3. The molecule has 0 saturated heterocycles. The molecule has 0 fully saturated rings. The predicted octanol–water partition coefficient (Wildman–Crippen LogP) is 1.49. The van der Waals surface area contributed by atoms with E-state index in [9.17, 15) is 0 Å². The summed E-state index contributed by atoms with van der Waals surface area (Å²) in [5, 5.41) is 9.78. The van der Waals surface area contributed by atoms with Crippen LogP contribution in [-0.4, -0.2) is 36.4 Å². The van der Waals surface area contributed by atoms with Crippen LogP contribution in [0.5, 0.6) is 0 Å². The zero-order chi connectivity index (χ0) is 16.1. The molecular formula is C16H16N6O. The van der Waals surface area contributed by atoms with Crippen LogP contribution < -0.4 is 15.9 Å². The van der Waals surface area contributed by atoms with Crippen molar-refractivity contribution in [3.8, 4) is 12.3 Å². The van der Waals surface area contributed by atoms with Gasteiger partial charge in [-0.3, -0.25) is 5.43 Å². The van der Waals surface area contributed by atoms with E-state index in [0.717, 1.165) is 16.5 Å². The van der Waals surface area contributed by atoms with E-state index in [-0.39, 0.29) is 0 Å². The van der Waals surface area contributed by atoms with Crippen molar-refractivity contribution < 1.29 is 4.74 Å². The number of hydrogen-bond acceptors (Lipinski definition) is 7. The number of rotatable bonds is 5. The molecule has 7 nitrogen and oxygen atoms in total. The van der Waals surface area contributed by atoms with Crippen LogP contribution in [0.15, 0.2) is 35.6 Å². The van der Waals surface area contributed by atoms with Crippen LogP contribution in [0.2, 0.25) is 0 Å². The van der Waals surface area contributed by atoms with Crippen molar-refractivity contribution in [2.45, 2.75) is 0 Å². The summed E-state index contributed by atoms with van der Waals surface area (Å²) in [6, 6.07) is 5.62. The Kier molecular flexibility index (Phi) is 4.36. The number of hydrogen-bond donors (Lipinski definition) is 2. The topological polar surface area (TPSA) is 74.7 Å². The van der Waals surface area contributed by atoms with Gasteiger partial charge in [0.05, 0.1) is 18.3 Å². The van der Waals surface area contributed by atoms with Crippen molar-refractivity contribution in [1.82, 2.24) is 15.4 Å². The second kappa shape index (κ2) is 6.77. The molecule has 1 aliphatic heterocycles. The molecule has 2 aromatic rings. The molecule has 0 saturated carbocycles. The number of benzene rings is 1. The molecule has 0 radical (unpaired) electrons. The lowest BCUT2D eigenvalue weighted by Gasteiger charge is -2.19. The Labute approximate surface area is 134 Å². The molecule has 116 valence electrons. The first-order valence-electron chi connectivity index (χ1n) is 7.08. The molecular weight excluding hydrogens is 292 g/mol. The number of terminal acetylenes is 1. The summed E-state index contributed by atoms with van der Waals surface area (Å²) >= 11 is 0. The molecule has 1 aromatic carbocycles. The third kappa shape index (κ3) is 3.22. The molecule has 23 heavy (non-hydrogen) atoms. The number of nitrogens with zero attached hydrogens (tertiary/aromatic N) is 4. The van der Waals surface area contributed by atoms with E-state index in [1.807, 2.05) is 18.2 Å². The van der Waals surface area contributed by atoms with Crippen LogP contribution >= 0.6 is 0 Å². The summed E-state index contributed by atoms with van der Waals surface area (Å²) in [5.41, 5.74) is 4.52. The maximum atomic E-state index is 5.48. The maximum absolute atomic E-state index is 5.48. The minimum absolute atomic E-state index is 0.437. The average molecular weight is 308 g/mol. The number of ether oxygens (including phenoxy) is 1. The van der Waals surface area contributed by atoms with E-state index in [1.165, 1.54) is 5.12 Å². The molecule has 0 aliphatic carbocycles. The quantitative estimate of drug-likeness (QED) is 0.644. The number of nitrogens with one attached hydrogen (secondary N) is 2. The van der Waals surface area contributed by atoms with Crippen LogP contribution in [0.4, 0.5) is 11.8 Å². The Hall–Kier alpha value is -3.11. The number of hydrazine groups is 1. The van der Waals surface area contributed by atoms with Crippen molar-refractivity contribution >= 4 is 28.9 Å². The first-order valence-corrected chi connectivity index (χ1v) is 7.08. The molecule has 1 aromatic heterocycles. The van der Waals surface area contributed by atoms with Crippen molar-refractivity contribution in [3.63, 3.8) is 0 Å². The number of hydrazone groups is 1. The summed E-state index contributed by atoms with van der Waals surface area (Å²) in [6.07, 6.45) is 10.7. The Morgan fingerprint density at radius 2 is 2.30 bits per heavy atom. The molecule has 0 unspecified atom stereocenters. The molecule has 0 spiro atoms. The molecule has 1 aliphatic rings. The van der Waals surface area contributed by atoms with E-state index in [1.54, 1.807) is 25.6 Å². The Morgan fingerprint density at radius 3 is 3.04 bits per heavy atom. The average Bonchev–Trinajstić information content (AvgIpc) is 2.62. The lowest BCUT2D eigenvalue weighted by molar-refractivity contribution is 0.210. The van der Waals surface area contributed by atoms with Crippen LogP contribution in [0, 0.1) is 12.3 Å². The van der Waals surface area contributed by atoms with Crippen LogP contribution in [0.3, 0.4) is 0 Å². The molecule has 2 N–H and O–H groups in total. The maximum Gasteiger partial charge on any atom is 0.268 e. The van der Waals surface area contributed by atoms with Crippen LogP contribution in [0.25, 0.3) is 10.9 Å². The summed E-state index contributed by atoms with van der Waals surface area (Å²) in [5.74, 6) is 3.75. The fourth-order valence-corrected chi connectivity index (χ4v) is 2.11. The third-order valence-corrected chi connectivity index (χ3v) is 3.20. The van der Waals surface area contributed by atoms with Gasteiger partial charge in [0.2, 0.25) is 0 Å². The number of aromatic nitrogens is 2. The largest absolute Gasteiger partial charge is 0.383 e. The smallest absolute Gasteiger partial charge is 0.268 e. The van der Waals surface area contributed by atoms with Gasteiger partial charge in [-0.05, 0) is 24.3 Å². The molecule has 7 heteroatoms. The van der Waals surface area contributed by atoms with E-state index in [4.69, 9.17) is 11.2 Å². The molecule has 2 heterocycles. The fraction of sp³-hybridized carbons (Fsp3) is 0.188. The van der Waals surface area contributed by atoms with E-state index in [0.29, 0.717) is 24.9 Å². The minimum atomic E-state index is 0.437. The normalized spacial score (nSPS) is 13.0. The third-order valence-electron chi connectivity index (χ3n) is 3.20. The summed E-state index contributed by atoms with van der Waals surface area (Å²) in [6.45, 7) is 1.19. The van der Waals surface area contributed by atoms with E-state index in [2.05, 4.69) is 31.7 Å². The standard InChI is InChI=1S/C16H16N6O/c1-3-12-5-6-14-13(11-12)15(17-9-10-23-2)21-16(20-14)22-18-7-4-8-19-22/h1,4-8,11,18H,9-10H2,2H3,(H,17,20,21). The minimum Gasteiger partial charge on any atom is -0.383 e. The van der Waals surface area contributed by atoms with Crippen molar-refractivity contribution in [1.29, 1.82) is 0 Å². The van der Waals surface area contributed by atoms with Gasteiger partial charge in [0.1, 0.15) is 5.82 Å². The van der Waals surface area contributed by atoms with E-state index >= 15 is 0 Å². The number of methoxy groups -OCH3 is 1. The van der Waals surface area contributed by atoms with Crippen molar-refractivity contribution in [3.05, 3.63) is 36.0 Å². The molecule has 0 atom stereocenters. The van der Waals surface area contributed by atoms with Crippen LogP contribution in [-0.2, 0) is 4.74 Å². The number of fused-ring (bicyclic) bond motifs is 1. The van der Waals surface area contributed by atoms with Gasteiger partial charge in [-0.1, -0.05) is 5.92 Å². The van der Waals surface area contributed by atoms with Gasteiger partial charge in [-0.15, -0.1) is 11.5 Å². The summed E-state index contributed by atoms with van der Waals surface area (Å²) in [7, 11) is 1.65. The number of allylic oxidation sites excluding steroid dienone is 1. The highest BCUT2D eigenvalue weighted by Gasteiger charge is 2.13. The van der Waals surface area contributed by atoms with Gasteiger partial charge in [0, 0.05) is 30.8 Å². The predicted molar refractivity (Wildman–Crippen MR) is 91.1 cm³/mol. The molecule has 0 amide bonds. The van der Waals surface area contributed by atoms with Crippen LogP contribution in [0.1, 0.15) is 5.56 Å². The van der Waals surface area contributed by atoms with Gasteiger partial charge < -0.3 is 10.1 Å². The summed E-state index contributed by atoms with van der Waals surface area (Å²) in [4.78, 5) is 9.07. The van der Waals surface area contributed by atoms with Gasteiger partial charge in [0.15, 0.2) is 0 Å². The second-order valence-corrected chi connectivity index (χ2v) is 4.73. The van der Waals surface area contributed by atoms with Crippen molar-refractivity contribution in [2.24, 2.45) is 5.10 Å². The lowest BCUT2D eigenvalue weighted by atomic mass is 10.1. The number of anilines is 2. The molecule has 3 rings (SSSR count). The fourth-order valence-electron chi connectivity index (χ4n) is 2.11. The Balaban J connectivity index is 2.04. The Morgan fingerprint density at radius 1 is 1.39 bits per heavy atom. The highest BCUT2D eigenvalue weighted by molar-refractivity contribution is 5.91. The van der Waals surface area contributed by atoms with Crippen molar-refractivity contribution in [2.75, 3.05) is 30.7 Å². The zero-order valence-corrected chi connectivity index (χ0v) is 12.7. The van der Waals surface area contributed by atoms with Gasteiger partial charge in [-0.2, -0.15) is 10.1 Å². The first kappa shape index (κ1) is 14.8. The second-order valence-electron chi connectivity index (χ2n) is 4.73. The van der Waals surface area contributed by atoms with Gasteiger partial charge in [0.25, 0.3) is 5.95 Å². The van der Waals surface area contributed by atoms with Gasteiger partial charge in [-0.25, -0.2) is 4.98 Å². The van der Waals surface area contributed by atoms with E-state index < -0.39 is 0 Å². The highest BCUT2D eigenvalue weighted by Crippen LogP contribution is 2.24. The van der Waals surface area contributed by atoms with Gasteiger partial charge >= 0.3 is 0 Å². The highest BCUT2D eigenvalue weighted by atomic mass is 16.5.